The van der Waals surface area contributed by atoms with Gasteiger partial charge in [0.25, 0.3) is 0 Å². The third-order valence-electron chi connectivity index (χ3n) is 1.63. The van der Waals surface area contributed by atoms with Gasteiger partial charge in [0.1, 0.15) is 0 Å². The van der Waals surface area contributed by atoms with Crippen LogP contribution in [0.4, 0.5) is 0 Å². The van der Waals surface area contributed by atoms with Gasteiger partial charge in [-0.1, -0.05) is 0 Å². The maximum Gasteiger partial charge on any atom is 0.0594 e. The molecular formula is C6H13IN2O. The van der Waals surface area contributed by atoms with Gasteiger partial charge < -0.3 is 4.74 Å². The molecule has 0 aromatic carbocycles. The number of morpholine rings is 1. The van der Waals surface area contributed by atoms with Gasteiger partial charge in [0, 0.05) is 49.0 Å². The predicted octanol–water partition coefficient (Wildman–Crippen LogP) is 0.258. The lowest BCUT2D eigenvalue weighted by Gasteiger charge is -2.25. The van der Waals surface area contributed by atoms with Crippen LogP contribution in [0.5, 0.6) is 0 Å². The third-order valence-corrected chi connectivity index (χ3v) is 2.17. The molecule has 10 heavy (non-hydrogen) atoms. The topological polar surface area (TPSA) is 24.5 Å². The van der Waals surface area contributed by atoms with Crippen LogP contribution in [0.25, 0.3) is 0 Å². The lowest BCUT2D eigenvalue weighted by atomic mass is 10.4. The fourth-order valence-corrected chi connectivity index (χ4v) is 1.27. The van der Waals surface area contributed by atoms with Gasteiger partial charge in [0.05, 0.1) is 13.2 Å². The molecule has 0 atom stereocenters. The smallest absolute Gasteiger partial charge is 0.0594 e. The normalized spacial score (nSPS) is 21.3. The van der Waals surface area contributed by atoms with Crippen LogP contribution in [0.2, 0.25) is 0 Å². The molecule has 60 valence electrons. The summed E-state index contributed by atoms with van der Waals surface area (Å²) in [4.78, 5) is 2.41. The van der Waals surface area contributed by atoms with Crippen LogP contribution in [0, 0.1) is 0 Å². The van der Waals surface area contributed by atoms with Gasteiger partial charge in [0.2, 0.25) is 0 Å². The van der Waals surface area contributed by atoms with Crippen LogP contribution < -0.4 is 3.53 Å². The first-order valence-corrected chi connectivity index (χ1v) is 4.65. The molecule has 0 aromatic heterocycles. The Kier molecular flexibility index (Phi) is 4.60. The molecule has 1 heterocycles. The van der Waals surface area contributed by atoms with Crippen molar-refractivity contribution in [3.8, 4) is 0 Å². The minimum atomic E-state index is 0.904. The minimum absolute atomic E-state index is 0.904. The molecule has 0 radical (unpaired) electrons. The molecule has 4 heteroatoms. The largest absolute Gasteiger partial charge is 0.379 e. The second-order valence-corrected chi connectivity index (χ2v) is 3.10. The number of nitrogens with one attached hydrogen (secondary N) is 1. The van der Waals surface area contributed by atoms with Crippen molar-refractivity contribution in [3.63, 3.8) is 0 Å². The highest BCUT2D eigenvalue weighted by Crippen LogP contribution is 1.94. The van der Waals surface area contributed by atoms with E-state index >= 15 is 0 Å². The molecular weight excluding hydrogens is 243 g/mol. The van der Waals surface area contributed by atoms with Crippen LogP contribution in [0.15, 0.2) is 0 Å². The Balaban J connectivity index is 2.02. The van der Waals surface area contributed by atoms with E-state index in [1.54, 1.807) is 0 Å². The van der Waals surface area contributed by atoms with Gasteiger partial charge in [-0.2, -0.15) is 0 Å². The Bertz CT molecular complexity index is 85.8. The van der Waals surface area contributed by atoms with E-state index in [1.165, 1.54) is 0 Å². The van der Waals surface area contributed by atoms with Crippen molar-refractivity contribution in [2.75, 3.05) is 39.4 Å². The molecule has 1 saturated heterocycles. The lowest BCUT2D eigenvalue weighted by molar-refractivity contribution is 0.0392. The fourth-order valence-electron chi connectivity index (χ4n) is 1.03. The highest BCUT2D eigenvalue weighted by Gasteiger charge is 2.08. The maximum absolute atomic E-state index is 5.22. The molecule has 0 saturated carbocycles. The minimum Gasteiger partial charge on any atom is -0.379 e. The molecule has 0 spiro atoms. The molecule has 0 aliphatic carbocycles. The summed E-state index contributed by atoms with van der Waals surface area (Å²) in [5.41, 5.74) is 0. The van der Waals surface area contributed by atoms with E-state index in [1.807, 2.05) is 0 Å². The molecule has 0 unspecified atom stereocenters. The van der Waals surface area contributed by atoms with Crippen molar-refractivity contribution in [2.24, 2.45) is 0 Å². The molecule has 0 aromatic rings. The maximum atomic E-state index is 5.22. The number of nitrogens with zero attached hydrogens (tertiary/aromatic N) is 1. The van der Waals surface area contributed by atoms with Crippen LogP contribution >= 0.6 is 22.9 Å². The first kappa shape index (κ1) is 8.70. The van der Waals surface area contributed by atoms with Crippen LogP contribution in [0.1, 0.15) is 0 Å². The van der Waals surface area contributed by atoms with Gasteiger partial charge >= 0.3 is 0 Å². The standard InChI is InChI=1S/C6H13IN2O/c7-8-1-2-9-3-5-10-6-4-9/h8H,1-6H2. The summed E-state index contributed by atoms with van der Waals surface area (Å²) < 4.78 is 8.32. The molecule has 1 rings (SSSR count). The van der Waals surface area contributed by atoms with Crippen LogP contribution in [-0.4, -0.2) is 44.3 Å². The molecule has 3 nitrogen and oxygen atoms in total. The summed E-state index contributed by atoms with van der Waals surface area (Å²) in [6, 6.07) is 0. The monoisotopic (exact) mass is 256 g/mol. The van der Waals surface area contributed by atoms with E-state index in [0.717, 1.165) is 39.4 Å². The zero-order valence-electron chi connectivity index (χ0n) is 5.98. The van der Waals surface area contributed by atoms with Crippen molar-refractivity contribution >= 4 is 22.9 Å². The summed E-state index contributed by atoms with van der Waals surface area (Å²) in [7, 11) is 0. The predicted molar refractivity (Wildman–Crippen MR) is 49.3 cm³/mol. The summed E-state index contributed by atoms with van der Waals surface area (Å²) in [5.74, 6) is 0. The summed E-state index contributed by atoms with van der Waals surface area (Å²) in [6.45, 7) is 6.21. The SMILES string of the molecule is INCCN1CCOCC1. The molecule has 0 bridgehead atoms. The molecule has 1 aliphatic rings. The van der Waals surface area contributed by atoms with Gasteiger partial charge in [-0.15, -0.1) is 0 Å². The van der Waals surface area contributed by atoms with E-state index in [2.05, 4.69) is 31.3 Å². The Labute approximate surface area is 75.6 Å². The van der Waals surface area contributed by atoms with Gasteiger partial charge in [-0.3, -0.25) is 8.43 Å². The fraction of sp³-hybridized carbons (Fsp3) is 1.00. The Hall–Kier alpha value is 0.610. The van der Waals surface area contributed by atoms with Crippen LogP contribution in [0.3, 0.4) is 0 Å². The van der Waals surface area contributed by atoms with E-state index in [9.17, 15) is 0 Å². The van der Waals surface area contributed by atoms with Crippen molar-refractivity contribution in [1.82, 2.24) is 8.43 Å². The van der Waals surface area contributed by atoms with Crippen LogP contribution in [-0.2, 0) is 4.74 Å². The number of hydrogen-bond acceptors (Lipinski definition) is 3. The lowest BCUT2D eigenvalue weighted by Crippen LogP contribution is -2.39. The van der Waals surface area contributed by atoms with Gasteiger partial charge in [0.15, 0.2) is 0 Å². The number of rotatable bonds is 3. The number of halogens is 1. The second-order valence-electron chi connectivity index (χ2n) is 2.34. The van der Waals surface area contributed by atoms with E-state index in [0.29, 0.717) is 0 Å². The first-order valence-electron chi connectivity index (χ1n) is 3.57. The summed E-state index contributed by atoms with van der Waals surface area (Å²) >= 11 is 2.18. The Morgan fingerprint density at radius 2 is 2.10 bits per heavy atom. The summed E-state index contributed by atoms with van der Waals surface area (Å²) in [6.07, 6.45) is 0. The van der Waals surface area contributed by atoms with E-state index < -0.39 is 0 Å². The zero-order valence-corrected chi connectivity index (χ0v) is 8.13. The Morgan fingerprint density at radius 1 is 1.40 bits per heavy atom. The quantitative estimate of drug-likeness (QED) is 0.579. The average Bonchev–Trinajstić information content (AvgIpc) is 2.03. The zero-order chi connectivity index (χ0) is 7.23. The third kappa shape index (κ3) is 3.14. The average molecular weight is 256 g/mol. The van der Waals surface area contributed by atoms with Crippen molar-refractivity contribution in [3.05, 3.63) is 0 Å². The molecule has 0 amide bonds. The van der Waals surface area contributed by atoms with Gasteiger partial charge in [-0.05, 0) is 0 Å². The second kappa shape index (κ2) is 5.29. The Morgan fingerprint density at radius 3 is 2.70 bits per heavy atom. The van der Waals surface area contributed by atoms with E-state index in [4.69, 9.17) is 4.74 Å². The molecule has 1 N–H and O–H groups in total. The van der Waals surface area contributed by atoms with Crippen molar-refractivity contribution in [1.29, 1.82) is 0 Å². The highest BCUT2D eigenvalue weighted by molar-refractivity contribution is 14.1. The molecule has 1 aliphatic heterocycles. The summed E-state index contributed by atoms with van der Waals surface area (Å²) in [5, 5.41) is 0. The van der Waals surface area contributed by atoms with Crippen molar-refractivity contribution in [2.45, 2.75) is 0 Å². The number of ether oxygens (including phenoxy) is 1. The number of hydrogen-bond donors (Lipinski definition) is 1. The molecule has 1 fully saturated rings. The van der Waals surface area contributed by atoms with E-state index in [-0.39, 0.29) is 0 Å². The first-order chi connectivity index (χ1) is 4.93. The van der Waals surface area contributed by atoms with Crippen molar-refractivity contribution < 1.29 is 4.74 Å². The highest BCUT2D eigenvalue weighted by atomic mass is 127. The van der Waals surface area contributed by atoms with Gasteiger partial charge in [-0.25, -0.2) is 0 Å².